The molecule has 0 saturated carbocycles. The Bertz CT molecular complexity index is 764. The van der Waals surface area contributed by atoms with Gasteiger partial charge in [-0.25, -0.2) is 0 Å². The van der Waals surface area contributed by atoms with Gasteiger partial charge in [0, 0.05) is 6.92 Å². The molecule has 3 aromatic rings. The molecule has 0 aliphatic heterocycles. The third-order valence-corrected chi connectivity index (χ3v) is 3.83. The van der Waals surface area contributed by atoms with Crippen LogP contribution in [0.1, 0.15) is 24.1 Å². The molecule has 1 atom stereocenters. The molecule has 114 valence electrons. The number of carbonyl (C=O) groups is 1. The minimum Gasteiger partial charge on any atom is -0.345 e. The Labute approximate surface area is 136 Å². The van der Waals surface area contributed by atoms with Crippen molar-refractivity contribution in [1.29, 1.82) is 0 Å². The number of amides is 1. The van der Waals surface area contributed by atoms with Crippen molar-refractivity contribution in [1.82, 2.24) is 5.32 Å². The lowest BCUT2D eigenvalue weighted by molar-refractivity contribution is -0.119. The molecule has 23 heavy (non-hydrogen) atoms. The molecular weight excluding hydrogens is 282 g/mol. The number of hydrogen-bond acceptors (Lipinski definition) is 1. The summed E-state index contributed by atoms with van der Waals surface area (Å²) in [5.74, 6) is -0.0361. The van der Waals surface area contributed by atoms with Crippen LogP contribution in [0.3, 0.4) is 0 Å². The summed E-state index contributed by atoms with van der Waals surface area (Å²) >= 11 is 0. The molecule has 0 unspecified atom stereocenters. The van der Waals surface area contributed by atoms with Gasteiger partial charge in [0.25, 0.3) is 0 Å². The highest BCUT2D eigenvalue weighted by atomic mass is 16.1. The molecule has 0 saturated heterocycles. The minimum atomic E-state index is -0.126. The fourth-order valence-electron chi connectivity index (χ4n) is 2.71. The summed E-state index contributed by atoms with van der Waals surface area (Å²) < 4.78 is 0. The van der Waals surface area contributed by atoms with Crippen molar-refractivity contribution in [2.45, 2.75) is 13.0 Å². The van der Waals surface area contributed by atoms with E-state index in [1.807, 2.05) is 48.5 Å². The van der Waals surface area contributed by atoms with E-state index in [2.05, 4.69) is 41.7 Å². The maximum atomic E-state index is 11.6. The van der Waals surface area contributed by atoms with Crippen LogP contribution in [0.2, 0.25) is 0 Å². The lowest BCUT2D eigenvalue weighted by atomic mass is 9.96. The predicted molar refractivity (Wildman–Crippen MR) is 94.0 cm³/mol. The number of nitrogens with one attached hydrogen (secondary N) is 1. The zero-order valence-corrected chi connectivity index (χ0v) is 13.1. The normalized spacial score (nSPS) is 11.7. The number of rotatable bonds is 4. The van der Waals surface area contributed by atoms with E-state index in [4.69, 9.17) is 0 Å². The quantitative estimate of drug-likeness (QED) is 0.751. The van der Waals surface area contributed by atoms with Crippen molar-refractivity contribution < 1.29 is 4.79 Å². The predicted octanol–water partition coefficient (Wildman–Crippen LogP) is 4.58. The highest BCUT2D eigenvalue weighted by Gasteiger charge is 2.14. The Morgan fingerprint density at radius 1 is 0.696 bits per heavy atom. The summed E-state index contributed by atoms with van der Waals surface area (Å²) in [5.41, 5.74) is 4.51. The van der Waals surface area contributed by atoms with Gasteiger partial charge >= 0.3 is 0 Å². The summed E-state index contributed by atoms with van der Waals surface area (Å²) in [4.78, 5) is 11.6. The molecule has 1 amide bonds. The van der Waals surface area contributed by atoms with Gasteiger partial charge in [0.05, 0.1) is 6.04 Å². The van der Waals surface area contributed by atoms with Crippen LogP contribution in [-0.4, -0.2) is 5.91 Å². The third-order valence-electron chi connectivity index (χ3n) is 3.83. The van der Waals surface area contributed by atoms with E-state index in [0.29, 0.717) is 0 Å². The second kappa shape index (κ2) is 6.93. The number of hydrogen-bond donors (Lipinski definition) is 1. The second-order valence-electron chi connectivity index (χ2n) is 5.53. The van der Waals surface area contributed by atoms with Gasteiger partial charge in [0.15, 0.2) is 0 Å². The molecule has 2 nitrogen and oxygen atoms in total. The summed E-state index contributed by atoms with van der Waals surface area (Å²) in [6.45, 7) is 1.55. The average molecular weight is 301 g/mol. The first-order chi connectivity index (χ1) is 11.2. The summed E-state index contributed by atoms with van der Waals surface area (Å²) in [5, 5.41) is 3.03. The molecule has 2 heteroatoms. The van der Waals surface area contributed by atoms with Crippen LogP contribution < -0.4 is 5.32 Å². The Kier molecular flexibility index (Phi) is 4.53. The number of benzene rings is 3. The van der Waals surface area contributed by atoms with E-state index < -0.39 is 0 Å². The fraction of sp³-hybridized carbons (Fsp3) is 0.0952. The van der Waals surface area contributed by atoms with E-state index in [-0.39, 0.29) is 11.9 Å². The Morgan fingerprint density at radius 3 is 1.74 bits per heavy atom. The lowest BCUT2D eigenvalue weighted by Gasteiger charge is -2.19. The van der Waals surface area contributed by atoms with Crippen LogP contribution in [-0.2, 0) is 4.79 Å². The molecule has 0 radical (unpaired) electrons. The van der Waals surface area contributed by atoms with Gasteiger partial charge in [-0.15, -0.1) is 0 Å². The molecule has 3 aromatic carbocycles. The summed E-state index contributed by atoms with van der Waals surface area (Å²) in [7, 11) is 0. The van der Waals surface area contributed by atoms with Crippen molar-refractivity contribution >= 4 is 5.91 Å². The van der Waals surface area contributed by atoms with Crippen molar-refractivity contribution in [2.75, 3.05) is 0 Å². The van der Waals surface area contributed by atoms with E-state index in [9.17, 15) is 4.79 Å². The van der Waals surface area contributed by atoms with Gasteiger partial charge in [0.1, 0.15) is 0 Å². The van der Waals surface area contributed by atoms with Gasteiger partial charge < -0.3 is 5.32 Å². The van der Waals surface area contributed by atoms with E-state index in [0.717, 1.165) is 11.1 Å². The zero-order valence-electron chi connectivity index (χ0n) is 13.1. The van der Waals surface area contributed by atoms with Gasteiger partial charge in [-0.3, -0.25) is 4.79 Å². The van der Waals surface area contributed by atoms with Gasteiger partial charge in [-0.1, -0.05) is 84.9 Å². The van der Waals surface area contributed by atoms with Crippen molar-refractivity contribution in [3.8, 4) is 11.1 Å². The van der Waals surface area contributed by atoms with E-state index in [1.165, 1.54) is 11.1 Å². The maximum Gasteiger partial charge on any atom is 0.217 e. The first kappa shape index (κ1) is 15.0. The topological polar surface area (TPSA) is 29.1 Å². The van der Waals surface area contributed by atoms with Crippen LogP contribution in [0, 0.1) is 0 Å². The molecule has 0 aliphatic carbocycles. The van der Waals surface area contributed by atoms with Crippen LogP contribution in [0.4, 0.5) is 0 Å². The first-order valence-electron chi connectivity index (χ1n) is 7.71. The monoisotopic (exact) mass is 301 g/mol. The molecule has 0 aliphatic rings. The molecule has 0 spiro atoms. The minimum absolute atomic E-state index is 0.0361. The molecule has 0 heterocycles. The van der Waals surface area contributed by atoms with E-state index >= 15 is 0 Å². The molecule has 1 N–H and O–H groups in total. The summed E-state index contributed by atoms with van der Waals surface area (Å²) in [6.07, 6.45) is 0. The van der Waals surface area contributed by atoms with Crippen molar-refractivity contribution in [2.24, 2.45) is 0 Å². The van der Waals surface area contributed by atoms with Gasteiger partial charge in [-0.05, 0) is 22.3 Å². The molecule has 0 bridgehead atoms. The smallest absolute Gasteiger partial charge is 0.217 e. The highest BCUT2D eigenvalue weighted by molar-refractivity contribution is 5.74. The molecule has 3 rings (SSSR count). The zero-order chi connectivity index (χ0) is 16.1. The molecule has 0 aromatic heterocycles. The van der Waals surface area contributed by atoms with Crippen molar-refractivity contribution in [3.05, 3.63) is 96.1 Å². The molecule has 0 fully saturated rings. The number of carbonyl (C=O) groups excluding carboxylic acids is 1. The summed E-state index contributed by atoms with van der Waals surface area (Å²) in [6, 6.07) is 28.5. The standard InChI is InChI=1S/C21H19NO/c1-16(23)22-21(19-10-6-3-7-11-19)20-14-12-18(13-15-20)17-8-4-2-5-9-17/h2-15,21H,1H3,(H,22,23)/t21-/m0/s1. The Morgan fingerprint density at radius 2 is 1.17 bits per heavy atom. The van der Waals surface area contributed by atoms with Crippen LogP contribution in [0.25, 0.3) is 11.1 Å². The van der Waals surface area contributed by atoms with E-state index in [1.54, 1.807) is 6.92 Å². The Balaban J connectivity index is 1.93. The lowest BCUT2D eigenvalue weighted by Crippen LogP contribution is -2.26. The molecular formula is C21H19NO. The second-order valence-corrected chi connectivity index (χ2v) is 5.53. The fourth-order valence-corrected chi connectivity index (χ4v) is 2.71. The van der Waals surface area contributed by atoms with Crippen molar-refractivity contribution in [3.63, 3.8) is 0 Å². The van der Waals surface area contributed by atoms with Crippen LogP contribution in [0.5, 0.6) is 0 Å². The Hall–Kier alpha value is -2.87. The maximum absolute atomic E-state index is 11.6. The third kappa shape index (κ3) is 3.67. The average Bonchev–Trinajstić information content (AvgIpc) is 2.61. The first-order valence-corrected chi connectivity index (χ1v) is 7.71. The SMILES string of the molecule is CC(=O)N[C@@H](c1ccccc1)c1ccc(-c2ccccc2)cc1. The van der Waals surface area contributed by atoms with Gasteiger partial charge in [0.2, 0.25) is 5.91 Å². The van der Waals surface area contributed by atoms with Gasteiger partial charge in [-0.2, -0.15) is 0 Å². The van der Waals surface area contributed by atoms with Crippen LogP contribution in [0.15, 0.2) is 84.9 Å². The largest absolute Gasteiger partial charge is 0.345 e. The highest BCUT2D eigenvalue weighted by Crippen LogP contribution is 2.25. The van der Waals surface area contributed by atoms with Crippen LogP contribution >= 0.6 is 0 Å².